The van der Waals surface area contributed by atoms with E-state index in [0.717, 1.165) is 28.7 Å². The molecule has 0 saturated carbocycles. The third kappa shape index (κ3) is 6.51. The van der Waals surface area contributed by atoms with Gasteiger partial charge in [0.05, 0.1) is 4.34 Å². The largest absolute Gasteiger partial charge is 0.317 e. The molecule has 1 heterocycles. The Morgan fingerprint density at radius 1 is 1.35 bits per heavy atom. The lowest BCUT2D eigenvalue weighted by Gasteiger charge is -2.17. The van der Waals surface area contributed by atoms with Crippen molar-refractivity contribution in [3.63, 3.8) is 0 Å². The van der Waals surface area contributed by atoms with E-state index in [-0.39, 0.29) is 0 Å². The Hall–Kier alpha value is -0.180. The van der Waals surface area contributed by atoms with Crippen LogP contribution in [0.2, 0.25) is 4.34 Å². The molecule has 0 saturated heterocycles. The lowest BCUT2D eigenvalue weighted by atomic mass is 10.3. The summed E-state index contributed by atoms with van der Waals surface area (Å²) in [5.74, 6) is 0. The van der Waals surface area contributed by atoms with Crippen molar-refractivity contribution in [1.29, 1.82) is 0 Å². The Morgan fingerprint density at radius 2 is 2.10 bits per heavy atom. The fourth-order valence-corrected chi connectivity index (χ4v) is 3.66. The molecule has 0 atom stereocenters. The molecule has 0 radical (unpaired) electrons. The maximum absolute atomic E-state index is 12.0. The highest BCUT2D eigenvalue weighted by molar-refractivity contribution is 7.87. The molecule has 0 amide bonds. The van der Waals surface area contributed by atoms with Crippen LogP contribution in [0.15, 0.2) is 12.1 Å². The average molecular weight is 340 g/mol. The fraction of sp³-hybridized carbons (Fsp3) is 0.667. The summed E-state index contributed by atoms with van der Waals surface area (Å²) in [5, 5.41) is 3.17. The minimum absolute atomic E-state index is 0.386. The van der Waals surface area contributed by atoms with Crippen molar-refractivity contribution >= 4 is 33.1 Å². The molecule has 1 aromatic rings. The zero-order chi connectivity index (χ0) is 15.0. The van der Waals surface area contributed by atoms with E-state index in [0.29, 0.717) is 19.5 Å². The Kier molecular flexibility index (Phi) is 8.01. The van der Waals surface area contributed by atoms with Gasteiger partial charge in [-0.15, -0.1) is 11.3 Å². The number of nitrogens with zero attached hydrogens (tertiary/aromatic N) is 1. The van der Waals surface area contributed by atoms with E-state index >= 15 is 0 Å². The summed E-state index contributed by atoms with van der Waals surface area (Å²) in [6.07, 6.45) is 1.45. The summed E-state index contributed by atoms with van der Waals surface area (Å²) in [5.41, 5.74) is 0. The van der Waals surface area contributed by atoms with Crippen LogP contribution in [0.3, 0.4) is 0 Å². The van der Waals surface area contributed by atoms with Gasteiger partial charge in [0.25, 0.3) is 10.2 Å². The van der Waals surface area contributed by atoms with Crippen molar-refractivity contribution in [3.8, 4) is 0 Å². The Bertz CT molecular complexity index is 491. The average Bonchev–Trinajstić information content (AvgIpc) is 2.80. The normalized spacial score (nSPS) is 12.2. The number of nitrogens with one attached hydrogen (secondary N) is 2. The fourth-order valence-electron chi connectivity index (χ4n) is 1.62. The standard InChI is InChI=1S/C12H22ClN3O2S2/c1-3-14-8-4-10-16(2)20(17,18)15-9-7-11-5-6-12(13)19-11/h5-6,14-15H,3-4,7-10H2,1-2H3. The van der Waals surface area contributed by atoms with E-state index in [1.165, 1.54) is 15.6 Å². The van der Waals surface area contributed by atoms with Gasteiger partial charge in [-0.3, -0.25) is 0 Å². The van der Waals surface area contributed by atoms with E-state index in [4.69, 9.17) is 11.6 Å². The number of thiophene rings is 1. The summed E-state index contributed by atoms with van der Waals surface area (Å²) in [7, 11) is -1.79. The predicted octanol–water partition coefficient (Wildman–Crippen LogP) is 1.71. The van der Waals surface area contributed by atoms with Crippen LogP contribution in [-0.4, -0.2) is 45.9 Å². The van der Waals surface area contributed by atoms with Gasteiger partial charge in [0.1, 0.15) is 0 Å². The molecule has 0 spiro atoms. The SMILES string of the molecule is CCNCCCN(C)S(=O)(=O)NCCc1ccc(Cl)s1. The van der Waals surface area contributed by atoms with Gasteiger partial charge in [0.15, 0.2) is 0 Å². The highest BCUT2D eigenvalue weighted by Gasteiger charge is 2.16. The number of hydrogen-bond donors (Lipinski definition) is 2. The molecule has 0 aromatic carbocycles. The highest BCUT2D eigenvalue weighted by Crippen LogP contribution is 2.21. The molecule has 0 aliphatic rings. The van der Waals surface area contributed by atoms with Crippen molar-refractivity contribution in [2.75, 3.05) is 33.2 Å². The summed E-state index contributed by atoms with van der Waals surface area (Å²) >= 11 is 7.30. The minimum Gasteiger partial charge on any atom is -0.317 e. The van der Waals surface area contributed by atoms with E-state index < -0.39 is 10.2 Å². The zero-order valence-electron chi connectivity index (χ0n) is 11.9. The molecule has 116 valence electrons. The first-order valence-electron chi connectivity index (χ1n) is 6.61. The molecule has 5 nitrogen and oxygen atoms in total. The second-order valence-electron chi connectivity index (χ2n) is 4.38. The van der Waals surface area contributed by atoms with Crippen LogP contribution in [0.25, 0.3) is 0 Å². The molecule has 2 N–H and O–H groups in total. The van der Waals surface area contributed by atoms with Gasteiger partial charge < -0.3 is 5.32 Å². The predicted molar refractivity (Wildman–Crippen MR) is 85.7 cm³/mol. The quantitative estimate of drug-likeness (QED) is 0.638. The maximum atomic E-state index is 12.0. The van der Waals surface area contributed by atoms with Crippen LogP contribution < -0.4 is 10.0 Å². The Balaban J connectivity index is 2.29. The van der Waals surface area contributed by atoms with E-state index in [2.05, 4.69) is 10.0 Å². The highest BCUT2D eigenvalue weighted by atomic mass is 35.5. The lowest BCUT2D eigenvalue weighted by molar-refractivity contribution is 0.446. The van der Waals surface area contributed by atoms with Crippen molar-refractivity contribution in [3.05, 3.63) is 21.3 Å². The zero-order valence-corrected chi connectivity index (χ0v) is 14.2. The molecule has 8 heteroatoms. The topological polar surface area (TPSA) is 61.4 Å². The maximum Gasteiger partial charge on any atom is 0.279 e. The van der Waals surface area contributed by atoms with Gasteiger partial charge in [-0.1, -0.05) is 18.5 Å². The molecule has 1 rings (SSSR count). The second kappa shape index (κ2) is 8.96. The number of rotatable bonds is 10. The molecule has 0 bridgehead atoms. The van der Waals surface area contributed by atoms with Crippen LogP contribution in [0.4, 0.5) is 0 Å². The van der Waals surface area contributed by atoms with E-state index in [1.54, 1.807) is 7.05 Å². The Morgan fingerprint density at radius 3 is 2.70 bits per heavy atom. The second-order valence-corrected chi connectivity index (χ2v) is 8.05. The summed E-state index contributed by atoms with van der Waals surface area (Å²) in [6, 6.07) is 3.74. The monoisotopic (exact) mass is 339 g/mol. The van der Waals surface area contributed by atoms with Gasteiger partial charge in [-0.05, 0) is 38.1 Å². The molecule has 1 aromatic heterocycles. The number of hydrogen-bond acceptors (Lipinski definition) is 4. The molecule has 0 aliphatic carbocycles. The first-order valence-corrected chi connectivity index (χ1v) is 9.25. The van der Waals surface area contributed by atoms with Gasteiger partial charge in [0.2, 0.25) is 0 Å². The van der Waals surface area contributed by atoms with Crippen LogP contribution in [0.5, 0.6) is 0 Å². The summed E-state index contributed by atoms with van der Waals surface area (Å²) < 4.78 is 28.6. The molecular weight excluding hydrogens is 318 g/mol. The van der Waals surface area contributed by atoms with E-state index in [9.17, 15) is 8.42 Å². The molecule has 20 heavy (non-hydrogen) atoms. The van der Waals surface area contributed by atoms with Crippen LogP contribution in [0, 0.1) is 0 Å². The Labute approximate surface area is 130 Å². The van der Waals surface area contributed by atoms with Crippen LogP contribution in [0.1, 0.15) is 18.2 Å². The smallest absolute Gasteiger partial charge is 0.279 e. The third-order valence-corrected chi connectivity index (χ3v) is 5.63. The van der Waals surface area contributed by atoms with Gasteiger partial charge in [-0.25, -0.2) is 4.72 Å². The lowest BCUT2D eigenvalue weighted by Crippen LogP contribution is -2.40. The van der Waals surface area contributed by atoms with Crippen molar-refractivity contribution in [1.82, 2.24) is 14.3 Å². The molecular formula is C12H22ClN3O2S2. The molecule has 0 unspecified atom stereocenters. The van der Waals surface area contributed by atoms with Crippen molar-refractivity contribution in [2.24, 2.45) is 0 Å². The third-order valence-electron chi connectivity index (χ3n) is 2.77. The van der Waals surface area contributed by atoms with Crippen LogP contribution >= 0.6 is 22.9 Å². The van der Waals surface area contributed by atoms with Crippen molar-refractivity contribution < 1.29 is 8.42 Å². The molecule has 0 aliphatic heterocycles. The van der Waals surface area contributed by atoms with Gasteiger partial charge >= 0.3 is 0 Å². The number of halogens is 1. The molecule has 0 fully saturated rings. The van der Waals surface area contributed by atoms with Crippen LogP contribution in [-0.2, 0) is 16.6 Å². The first kappa shape index (κ1) is 17.9. The summed E-state index contributed by atoms with van der Waals surface area (Å²) in [6.45, 7) is 4.64. The van der Waals surface area contributed by atoms with E-state index in [1.807, 2.05) is 19.1 Å². The minimum atomic E-state index is -3.38. The van der Waals surface area contributed by atoms with Gasteiger partial charge in [-0.2, -0.15) is 12.7 Å². The summed E-state index contributed by atoms with van der Waals surface area (Å²) in [4.78, 5) is 1.08. The van der Waals surface area contributed by atoms with Crippen molar-refractivity contribution in [2.45, 2.75) is 19.8 Å². The first-order chi connectivity index (χ1) is 9.45. The van der Waals surface area contributed by atoms with Gasteiger partial charge in [0, 0.05) is 25.0 Å².